The van der Waals surface area contributed by atoms with E-state index in [1.54, 1.807) is 0 Å². The Morgan fingerprint density at radius 1 is 1.28 bits per heavy atom. The van der Waals surface area contributed by atoms with Crippen molar-refractivity contribution < 1.29 is 0 Å². The van der Waals surface area contributed by atoms with Crippen molar-refractivity contribution in [2.45, 2.75) is 58.0 Å². The summed E-state index contributed by atoms with van der Waals surface area (Å²) in [6, 6.07) is 1.21. The quantitative estimate of drug-likeness (QED) is 0.869. The highest BCUT2D eigenvalue weighted by Crippen LogP contribution is 2.38. The molecule has 0 radical (unpaired) electrons. The first-order valence-electron chi connectivity index (χ1n) is 7.51. The summed E-state index contributed by atoms with van der Waals surface area (Å²) in [7, 11) is 0. The third-order valence-electron chi connectivity index (χ3n) is 4.86. The zero-order chi connectivity index (χ0) is 12.5. The molecule has 2 fully saturated rings. The first kappa shape index (κ1) is 12.2. The molecule has 1 aromatic heterocycles. The number of aromatic nitrogens is 2. The lowest BCUT2D eigenvalue weighted by atomic mass is 9.79. The van der Waals surface area contributed by atoms with Gasteiger partial charge in [0.25, 0.3) is 0 Å². The highest BCUT2D eigenvalue weighted by Gasteiger charge is 2.29. The highest BCUT2D eigenvalue weighted by molar-refractivity contribution is 5.09. The second kappa shape index (κ2) is 5.04. The molecule has 1 aliphatic carbocycles. The maximum Gasteiger partial charge on any atom is 0.0951 e. The average Bonchev–Trinajstić information content (AvgIpc) is 2.98. The maximum absolute atomic E-state index is 4.42. The monoisotopic (exact) mass is 247 g/mol. The van der Waals surface area contributed by atoms with Gasteiger partial charge in [-0.3, -0.25) is 0 Å². The predicted octanol–water partition coefficient (Wildman–Crippen LogP) is 3.30. The fourth-order valence-corrected chi connectivity index (χ4v) is 3.86. The van der Waals surface area contributed by atoms with E-state index in [0.717, 1.165) is 18.4 Å². The van der Waals surface area contributed by atoms with Crippen molar-refractivity contribution >= 4 is 0 Å². The van der Waals surface area contributed by atoms with Crippen molar-refractivity contribution in [2.24, 2.45) is 11.8 Å². The minimum absolute atomic E-state index is 0.541. The van der Waals surface area contributed by atoms with Gasteiger partial charge in [-0.05, 0) is 50.5 Å². The molecule has 0 aromatic carbocycles. The van der Waals surface area contributed by atoms with Gasteiger partial charge in [0.05, 0.1) is 12.0 Å². The molecule has 1 aromatic rings. The zero-order valence-corrected chi connectivity index (χ0v) is 11.6. The molecule has 4 atom stereocenters. The smallest absolute Gasteiger partial charge is 0.0951 e. The van der Waals surface area contributed by atoms with Crippen LogP contribution in [0.15, 0.2) is 12.5 Å². The van der Waals surface area contributed by atoms with Crippen molar-refractivity contribution in [3.8, 4) is 0 Å². The van der Waals surface area contributed by atoms with Crippen LogP contribution in [0.2, 0.25) is 0 Å². The van der Waals surface area contributed by atoms with E-state index in [1.165, 1.54) is 37.8 Å². The van der Waals surface area contributed by atoms with E-state index in [-0.39, 0.29) is 0 Å². The molecule has 4 unspecified atom stereocenters. The number of imidazole rings is 1. The van der Waals surface area contributed by atoms with E-state index in [0.29, 0.717) is 12.1 Å². The van der Waals surface area contributed by atoms with Crippen LogP contribution in [0, 0.1) is 11.8 Å². The summed E-state index contributed by atoms with van der Waals surface area (Å²) in [6.45, 7) is 5.96. The molecule has 0 bridgehead atoms. The van der Waals surface area contributed by atoms with Gasteiger partial charge >= 0.3 is 0 Å². The van der Waals surface area contributed by atoms with Crippen LogP contribution >= 0.6 is 0 Å². The van der Waals surface area contributed by atoms with Gasteiger partial charge in [0.1, 0.15) is 0 Å². The first-order chi connectivity index (χ1) is 8.75. The number of hydrogen-bond acceptors (Lipinski definition) is 2. The molecule has 0 amide bonds. The molecule has 3 heteroatoms. The van der Waals surface area contributed by atoms with Gasteiger partial charge in [-0.2, -0.15) is 0 Å². The molecule has 100 valence electrons. The molecule has 1 N–H and O–H groups in total. The SMILES string of the molecule is CC1CCC(n2cncc2C2CCCN2)C(C)C1. The van der Waals surface area contributed by atoms with Gasteiger partial charge in [-0.25, -0.2) is 4.98 Å². The number of hydrogen-bond donors (Lipinski definition) is 1. The predicted molar refractivity (Wildman–Crippen MR) is 73.4 cm³/mol. The maximum atomic E-state index is 4.42. The first-order valence-corrected chi connectivity index (χ1v) is 7.51. The van der Waals surface area contributed by atoms with E-state index in [1.807, 2.05) is 0 Å². The molecule has 2 aliphatic rings. The van der Waals surface area contributed by atoms with Crippen molar-refractivity contribution in [1.82, 2.24) is 14.9 Å². The molecule has 18 heavy (non-hydrogen) atoms. The lowest BCUT2D eigenvalue weighted by Crippen LogP contribution is -2.27. The van der Waals surface area contributed by atoms with Crippen LogP contribution in [-0.2, 0) is 0 Å². The highest BCUT2D eigenvalue weighted by atomic mass is 15.1. The molecule has 1 aliphatic heterocycles. The lowest BCUT2D eigenvalue weighted by Gasteiger charge is -2.35. The largest absolute Gasteiger partial charge is 0.330 e. The van der Waals surface area contributed by atoms with Crippen LogP contribution < -0.4 is 5.32 Å². The molecule has 3 rings (SSSR count). The second-order valence-corrected chi connectivity index (χ2v) is 6.34. The van der Waals surface area contributed by atoms with Crippen LogP contribution in [0.5, 0.6) is 0 Å². The van der Waals surface area contributed by atoms with Crippen LogP contribution in [0.4, 0.5) is 0 Å². The summed E-state index contributed by atoms with van der Waals surface area (Å²) in [6.07, 6.45) is 10.8. The van der Waals surface area contributed by atoms with Gasteiger partial charge in [-0.1, -0.05) is 13.8 Å². The zero-order valence-electron chi connectivity index (χ0n) is 11.6. The fourth-order valence-electron chi connectivity index (χ4n) is 3.86. The van der Waals surface area contributed by atoms with Crippen LogP contribution in [0.1, 0.15) is 63.7 Å². The van der Waals surface area contributed by atoms with Gasteiger partial charge in [0.15, 0.2) is 0 Å². The number of nitrogens with zero attached hydrogens (tertiary/aromatic N) is 2. The van der Waals surface area contributed by atoms with Crippen molar-refractivity contribution in [1.29, 1.82) is 0 Å². The standard InChI is InChI=1S/C15H25N3/c1-11-5-6-14(12(2)8-11)18-10-16-9-15(18)13-4-3-7-17-13/h9-14,17H,3-8H2,1-2H3. The third kappa shape index (κ3) is 2.20. The molecular weight excluding hydrogens is 222 g/mol. The molecular formula is C15H25N3. The number of rotatable bonds is 2. The van der Waals surface area contributed by atoms with Crippen LogP contribution in [-0.4, -0.2) is 16.1 Å². The summed E-state index contributed by atoms with van der Waals surface area (Å²) in [5.74, 6) is 1.68. The fraction of sp³-hybridized carbons (Fsp3) is 0.800. The van der Waals surface area contributed by atoms with Gasteiger partial charge < -0.3 is 9.88 Å². The van der Waals surface area contributed by atoms with Crippen molar-refractivity contribution in [2.75, 3.05) is 6.54 Å². The minimum atomic E-state index is 0.541. The van der Waals surface area contributed by atoms with E-state index < -0.39 is 0 Å². The minimum Gasteiger partial charge on any atom is -0.330 e. The van der Waals surface area contributed by atoms with E-state index in [9.17, 15) is 0 Å². The van der Waals surface area contributed by atoms with E-state index in [2.05, 4.69) is 41.2 Å². The Morgan fingerprint density at radius 3 is 2.89 bits per heavy atom. The second-order valence-electron chi connectivity index (χ2n) is 6.34. The molecule has 1 saturated heterocycles. The Kier molecular flexibility index (Phi) is 3.42. The normalized spacial score (nSPS) is 37.0. The summed E-state index contributed by atoms with van der Waals surface area (Å²) >= 11 is 0. The topological polar surface area (TPSA) is 29.9 Å². The Bertz CT molecular complexity index is 392. The van der Waals surface area contributed by atoms with Crippen molar-refractivity contribution in [3.05, 3.63) is 18.2 Å². The van der Waals surface area contributed by atoms with Crippen LogP contribution in [0.25, 0.3) is 0 Å². The Balaban J connectivity index is 1.81. The summed E-state index contributed by atoms with van der Waals surface area (Å²) < 4.78 is 2.47. The Morgan fingerprint density at radius 2 is 2.17 bits per heavy atom. The molecule has 1 saturated carbocycles. The molecule has 2 heterocycles. The summed E-state index contributed by atoms with van der Waals surface area (Å²) in [4.78, 5) is 4.42. The van der Waals surface area contributed by atoms with E-state index in [4.69, 9.17) is 0 Å². The summed E-state index contributed by atoms with van der Waals surface area (Å²) in [5.41, 5.74) is 1.42. The van der Waals surface area contributed by atoms with Crippen molar-refractivity contribution in [3.63, 3.8) is 0 Å². The van der Waals surface area contributed by atoms with Gasteiger partial charge in [0, 0.05) is 18.3 Å². The summed E-state index contributed by atoms with van der Waals surface area (Å²) in [5, 5.41) is 3.60. The number of nitrogens with one attached hydrogen (secondary N) is 1. The Labute approximate surface area is 110 Å². The molecule has 3 nitrogen and oxygen atoms in total. The van der Waals surface area contributed by atoms with E-state index >= 15 is 0 Å². The Hall–Kier alpha value is -0.830. The van der Waals surface area contributed by atoms with Crippen LogP contribution in [0.3, 0.4) is 0 Å². The molecule has 0 spiro atoms. The lowest BCUT2D eigenvalue weighted by molar-refractivity contribution is 0.202. The van der Waals surface area contributed by atoms with Gasteiger partial charge in [0.2, 0.25) is 0 Å². The van der Waals surface area contributed by atoms with Gasteiger partial charge in [-0.15, -0.1) is 0 Å². The third-order valence-corrected chi connectivity index (χ3v) is 4.86. The average molecular weight is 247 g/mol.